The average molecular weight is 379 g/mol. The molecule has 5 heteroatoms. The van der Waals surface area contributed by atoms with E-state index in [1.165, 1.54) is 0 Å². The van der Waals surface area contributed by atoms with Crippen molar-refractivity contribution in [1.29, 1.82) is 0 Å². The molecule has 3 nitrogen and oxygen atoms in total. The molecule has 1 aromatic heterocycles. The standard InChI is InChI=1S/C21H18N2OS2/c1-15-22-19(14-26-15)13-20-23(11-12-25-20)21(24)18-9-7-17(8-10-18)16-5-3-2-4-6-16/h2-10,13-14H,11-12H2,1H3/b20-13+. The van der Waals surface area contributed by atoms with Gasteiger partial charge in [-0.1, -0.05) is 42.5 Å². The van der Waals surface area contributed by atoms with Gasteiger partial charge in [0.15, 0.2) is 0 Å². The van der Waals surface area contributed by atoms with Crippen molar-refractivity contribution in [2.24, 2.45) is 0 Å². The summed E-state index contributed by atoms with van der Waals surface area (Å²) in [5.41, 5.74) is 3.91. The summed E-state index contributed by atoms with van der Waals surface area (Å²) in [6.45, 7) is 2.73. The minimum atomic E-state index is 0.0489. The van der Waals surface area contributed by atoms with Gasteiger partial charge in [0, 0.05) is 23.2 Å². The molecule has 2 aromatic carbocycles. The molecule has 0 radical (unpaired) electrons. The summed E-state index contributed by atoms with van der Waals surface area (Å²) in [6.07, 6.45) is 2.01. The zero-order chi connectivity index (χ0) is 17.9. The Morgan fingerprint density at radius 3 is 2.50 bits per heavy atom. The SMILES string of the molecule is Cc1nc(/C=C2/SCCN2C(=O)c2ccc(-c3ccccc3)cc2)cs1. The molecule has 1 aliphatic rings. The van der Waals surface area contributed by atoms with Gasteiger partial charge >= 0.3 is 0 Å². The van der Waals surface area contributed by atoms with Crippen LogP contribution in [0.1, 0.15) is 21.1 Å². The average Bonchev–Trinajstić information content (AvgIpc) is 3.31. The molecule has 26 heavy (non-hydrogen) atoms. The number of carbonyl (C=O) groups is 1. The first-order valence-electron chi connectivity index (χ1n) is 8.45. The van der Waals surface area contributed by atoms with Gasteiger partial charge in [0.1, 0.15) is 0 Å². The minimum Gasteiger partial charge on any atom is -0.302 e. The molecule has 130 valence electrons. The lowest BCUT2D eigenvalue weighted by atomic mass is 10.0. The number of carbonyl (C=O) groups excluding carboxylic acids is 1. The van der Waals surface area contributed by atoms with Crippen LogP contribution < -0.4 is 0 Å². The van der Waals surface area contributed by atoms with Crippen molar-refractivity contribution in [2.45, 2.75) is 6.92 Å². The molecule has 1 fully saturated rings. The van der Waals surface area contributed by atoms with Crippen LogP contribution in [0.3, 0.4) is 0 Å². The second kappa shape index (κ2) is 7.48. The van der Waals surface area contributed by atoms with Crippen LogP contribution in [-0.4, -0.2) is 28.1 Å². The third-order valence-electron chi connectivity index (χ3n) is 4.22. The van der Waals surface area contributed by atoms with E-state index in [9.17, 15) is 4.79 Å². The van der Waals surface area contributed by atoms with Gasteiger partial charge in [-0.2, -0.15) is 0 Å². The van der Waals surface area contributed by atoms with Crippen molar-refractivity contribution < 1.29 is 4.79 Å². The second-order valence-electron chi connectivity index (χ2n) is 6.02. The smallest absolute Gasteiger partial charge is 0.258 e. The molecule has 0 saturated carbocycles. The number of thioether (sulfide) groups is 1. The Labute approximate surface area is 161 Å². The number of aryl methyl sites for hydroxylation is 1. The van der Waals surface area contributed by atoms with Crippen LogP contribution in [0.2, 0.25) is 0 Å². The normalized spacial score (nSPS) is 15.6. The third kappa shape index (κ3) is 3.59. The molecule has 1 aliphatic heterocycles. The number of aromatic nitrogens is 1. The van der Waals surface area contributed by atoms with Crippen molar-refractivity contribution in [3.8, 4) is 11.1 Å². The van der Waals surface area contributed by atoms with E-state index >= 15 is 0 Å². The first kappa shape index (κ1) is 17.1. The van der Waals surface area contributed by atoms with Gasteiger partial charge < -0.3 is 4.90 Å². The first-order chi connectivity index (χ1) is 12.7. The number of hydrogen-bond acceptors (Lipinski definition) is 4. The monoisotopic (exact) mass is 378 g/mol. The third-order valence-corrected chi connectivity index (χ3v) is 6.04. The number of benzene rings is 2. The maximum absolute atomic E-state index is 13.0. The van der Waals surface area contributed by atoms with Crippen LogP contribution in [-0.2, 0) is 0 Å². The zero-order valence-corrected chi connectivity index (χ0v) is 16.0. The minimum absolute atomic E-state index is 0.0489. The number of nitrogens with zero attached hydrogens (tertiary/aromatic N) is 2. The molecule has 1 amide bonds. The Bertz CT molecular complexity index is 946. The molecule has 0 atom stereocenters. The Balaban J connectivity index is 1.56. The number of amides is 1. The van der Waals surface area contributed by atoms with Gasteiger partial charge in [0.05, 0.1) is 15.7 Å². The number of thiazole rings is 1. The summed E-state index contributed by atoms with van der Waals surface area (Å²) in [4.78, 5) is 19.3. The zero-order valence-electron chi connectivity index (χ0n) is 14.4. The maximum Gasteiger partial charge on any atom is 0.258 e. The number of hydrogen-bond donors (Lipinski definition) is 0. The fraction of sp³-hybridized carbons (Fsp3) is 0.143. The lowest BCUT2D eigenvalue weighted by Crippen LogP contribution is -2.26. The van der Waals surface area contributed by atoms with Crippen LogP contribution in [0.15, 0.2) is 65.0 Å². The van der Waals surface area contributed by atoms with Gasteiger partial charge in [0.2, 0.25) is 0 Å². The summed E-state index contributed by atoms with van der Waals surface area (Å²) in [7, 11) is 0. The van der Waals surface area contributed by atoms with Crippen LogP contribution in [0.4, 0.5) is 0 Å². The first-order valence-corrected chi connectivity index (χ1v) is 10.3. The van der Waals surface area contributed by atoms with Crippen LogP contribution >= 0.6 is 23.1 Å². The van der Waals surface area contributed by atoms with Gasteiger partial charge in [-0.25, -0.2) is 4.98 Å². The Morgan fingerprint density at radius 2 is 1.81 bits per heavy atom. The van der Waals surface area contributed by atoms with Crippen molar-refractivity contribution in [2.75, 3.05) is 12.3 Å². The van der Waals surface area contributed by atoms with E-state index in [0.717, 1.165) is 39.2 Å². The molecule has 2 heterocycles. The summed E-state index contributed by atoms with van der Waals surface area (Å²) >= 11 is 3.33. The highest BCUT2D eigenvalue weighted by Crippen LogP contribution is 2.31. The molecular weight excluding hydrogens is 360 g/mol. The van der Waals surface area contributed by atoms with E-state index in [0.29, 0.717) is 5.56 Å². The quantitative estimate of drug-likeness (QED) is 0.619. The Kier molecular flexibility index (Phi) is 4.91. The maximum atomic E-state index is 13.0. The molecule has 0 spiro atoms. The molecule has 0 N–H and O–H groups in total. The summed E-state index contributed by atoms with van der Waals surface area (Å²) in [5, 5.41) is 4.04. The highest BCUT2D eigenvalue weighted by molar-refractivity contribution is 8.03. The predicted octanol–water partition coefficient (Wildman–Crippen LogP) is 5.31. The van der Waals surface area contributed by atoms with Crippen molar-refractivity contribution in [3.63, 3.8) is 0 Å². The topological polar surface area (TPSA) is 33.2 Å². The molecule has 0 unspecified atom stereocenters. The van der Waals surface area contributed by atoms with E-state index in [1.54, 1.807) is 23.1 Å². The van der Waals surface area contributed by atoms with Gasteiger partial charge in [-0.05, 0) is 36.3 Å². The lowest BCUT2D eigenvalue weighted by molar-refractivity contribution is 0.0831. The fourth-order valence-corrected chi connectivity index (χ4v) is 4.50. The molecule has 1 saturated heterocycles. The molecular formula is C21H18N2OS2. The molecule has 0 aliphatic carbocycles. The molecule has 0 bridgehead atoms. The second-order valence-corrected chi connectivity index (χ2v) is 8.20. The summed E-state index contributed by atoms with van der Waals surface area (Å²) in [6, 6.07) is 18.0. The van der Waals surface area contributed by atoms with E-state index in [2.05, 4.69) is 17.1 Å². The Hall–Kier alpha value is -2.37. The van der Waals surface area contributed by atoms with E-state index in [4.69, 9.17) is 0 Å². The van der Waals surface area contributed by atoms with Gasteiger partial charge in [0.25, 0.3) is 5.91 Å². The molecule has 4 rings (SSSR count). The highest BCUT2D eigenvalue weighted by atomic mass is 32.2. The summed E-state index contributed by atoms with van der Waals surface area (Å²) in [5.74, 6) is 0.968. The van der Waals surface area contributed by atoms with Crippen LogP contribution in [0.5, 0.6) is 0 Å². The van der Waals surface area contributed by atoms with E-state index in [-0.39, 0.29) is 5.91 Å². The van der Waals surface area contributed by atoms with Gasteiger partial charge in [-0.3, -0.25) is 4.79 Å². The van der Waals surface area contributed by atoms with Crippen molar-refractivity contribution in [1.82, 2.24) is 9.88 Å². The Morgan fingerprint density at radius 1 is 1.08 bits per heavy atom. The number of rotatable bonds is 3. The van der Waals surface area contributed by atoms with Crippen LogP contribution in [0.25, 0.3) is 17.2 Å². The lowest BCUT2D eigenvalue weighted by Gasteiger charge is -2.17. The largest absolute Gasteiger partial charge is 0.302 e. The molecule has 3 aromatic rings. The fourth-order valence-electron chi connectivity index (χ4n) is 2.92. The predicted molar refractivity (Wildman–Crippen MR) is 110 cm³/mol. The van der Waals surface area contributed by atoms with E-state index < -0.39 is 0 Å². The van der Waals surface area contributed by atoms with Gasteiger partial charge in [-0.15, -0.1) is 23.1 Å². The summed E-state index contributed by atoms with van der Waals surface area (Å²) < 4.78 is 0. The highest BCUT2D eigenvalue weighted by Gasteiger charge is 2.25. The van der Waals surface area contributed by atoms with E-state index in [1.807, 2.05) is 65.7 Å². The van der Waals surface area contributed by atoms with Crippen molar-refractivity contribution >= 4 is 35.1 Å². The van der Waals surface area contributed by atoms with Crippen molar-refractivity contribution in [3.05, 3.63) is 81.3 Å². The van der Waals surface area contributed by atoms with Crippen LogP contribution in [0, 0.1) is 6.92 Å².